The van der Waals surface area contributed by atoms with Gasteiger partial charge >= 0.3 is 0 Å². The third kappa shape index (κ3) is 2.62. The number of fused-ring (bicyclic) bond motifs is 1. The summed E-state index contributed by atoms with van der Waals surface area (Å²) in [4.78, 5) is 0.0574. The third-order valence-electron chi connectivity index (χ3n) is 4.20. The van der Waals surface area contributed by atoms with Gasteiger partial charge in [0.2, 0.25) is 0 Å². The monoisotopic (exact) mass is 335 g/mol. The number of para-hydroxylation sites is 1. The van der Waals surface area contributed by atoms with Crippen LogP contribution in [0.15, 0.2) is 41.3 Å². The van der Waals surface area contributed by atoms with Gasteiger partial charge in [-0.1, -0.05) is 18.2 Å². The van der Waals surface area contributed by atoms with E-state index in [2.05, 4.69) is 0 Å². The number of halogens is 1. The zero-order chi connectivity index (χ0) is 16.8. The maximum Gasteiger partial charge on any atom is 0.264 e. The molecule has 0 aliphatic carbocycles. The predicted octanol–water partition coefficient (Wildman–Crippen LogP) is 3.07. The van der Waals surface area contributed by atoms with Crippen molar-refractivity contribution in [3.63, 3.8) is 0 Å². The van der Waals surface area contributed by atoms with Crippen molar-refractivity contribution in [2.24, 2.45) is 0 Å². The van der Waals surface area contributed by atoms with Crippen LogP contribution >= 0.6 is 0 Å². The van der Waals surface area contributed by atoms with Crippen LogP contribution in [-0.2, 0) is 10.0 Å². The second-order valence-electron chi connectivity index (χ2n) is 5.81. The smallest absolute Gasteiger partial charge is 0.264 e. The van der Waals surface area contributed by atoms with Crippen LogP contribution in [0.5, 0.6) is 0 Å². The Hall–Kier alpha value is -1.92. The molecule has 0 fully saturated rings. The van der Waals surface area contributed by atoms with Gasteiger partial charge in [0.25, 0.3) is 10.0 Å². The number of hydrogen-bond donors (Lipinski definition) is 1. The van der Waals surface area contributed by atoms with E-state index in [1.165, 1.54) is 29.4 Å². The second-order valence-corrected chi connectivity index (χ2v) is 7.67. The summed E-state index contributed by atoms with van der Waals surface area (Å²) < 4.78 is 40.7. The minimum atomic E-state index is -3.81. The molecule has 4 nitrogen and oxygen atoms in total. The van der Waals surface area contributed by atoms with Crippen molar-refractivity contribution < 1.29 is 17.9 Å². The van der Waals surface area contributed by atoms with Crippen LogP contribution in [0, 0.1) is 19.7 Å². The van der Waals surface area contributed by atoms with Crippen molar-refractivity contribution in [3.05, 3.63) is 58.9 Å². The van der Waals surface area contributed by atoms with Gasteiger partial charge < -0.3 is 5.11 Å². The van der Waals surface area contributed by atoms with E-state index in [0.29, 0.717) is 17.7 Å². The third-order valence-corrected chi connectivity index (χ3v) is 6.00. The first-order valence-electron chi connectivity index (χ1n) is 7.39. The molecule has 0 saturated heterocycles. The van der Waals surface area contributed by atoms with Crippen LogP contribution in [0.1, 0.15) is 29.2 Å². The van der Waals surface area contributed by atoms with Gasteiger partial charge in [-0.05, 0) is 49.6 Å². The zero-order valence-corrected chi connectivity index (χ0v) is 13.8. The summed E-state index contributed by atoms with van der Waals surface area (Å²) >= 11 is 0. The van der Waals surface area contributed by atoms with Gasteiger partial charge in [0.15, 0.2) is 0 Å². The number of anilines is 1. The Labute approximate surface area is 135 Å². The van der Waals surface area contributed by atoms with Gasteiger partial charge in [-0.3, -0.25) is 4.31 Å². The van der Waals surface area contributed by atoms with Gasteiger partial charge in [0.05, 0.1) is 16.7 Å². The summed E-state index contributed by atoms with van der Waals surface area (Å²) in [6, 6.07) is 9.14. The second kappa shape index (κ2) is 5.62. The van der Waals surface area contributed by atoms with E-state index in [-0.39, 0.29) is 17.0 Å². The fourth-order valence-corrected chi connectivity index (χ4v) is 4.60. The Kier molecular flexibility index (Phi) is 3.90. The van der Waals surface area contributed by atoms with E-state index in [4.69, 9.17) is 0 Å². The lowest BCUT2D eigenvalue weighted by Crippen LogP contribution is -2.37. The highest BCUT2D eigenvalue weighted by atomic mass is 32.2. The van der Waals surface area contributed by atoms with Crippen LogP contribution in [-0.4, -0.2) is 20.1 Å². The van der Waals surface area contributed by atoms with Crippen molar-refractivity contribution in [1.82, 2.24) is 0 Å². The lowest BCUT2D eigenvalue weighted by Gasteiger charge is -2.34. The Morgan fingerprint density at radius 1 is 1.17 bits per heavy atom. The zero-order valence-electron chi connectivity index (χ0n) is 13.0. The van der Waals surface area contributed by atoms with Crippen molar-refractivity contribution in [2.75, 3.05) is 10.8 Å². The molecule has 1 aliphatic heterocycles. The van der Waals surface area contributed by atoms with Crippen molar-refractivity contribution >= 4 is 15.7 Å². The van der Waals surface area contributed by atoms with E-state index in [0.717, 1.165) is 5.56 Å². The molecule has 1 atom stereocenters. The van der Waals surface area contributed by atoms with Crippen LogP contribution in [0.3, 0.4) is 0 Å². The van der Waals surface area contributed by atoms with E-state index in [1.807, 2.05) is 13.0 Å². The summed E-state index contributed by atoms with van der Waals surface area (Å²) in [6.45, 7) is 3.54. The van der Waals surface area contributed by atoms with E-state index in [9.17, 15) is 17.9 Å². The minimum Gasteiger partial charge on any atom is -0.388 e. The molecule has 122 valence electrons. The Morgan fingerprint density at radius 3 is 2.61 bits per heavy atom. The lowest BCUT2D eigenvalue weighted by atomic mass is 9.98. The SMILES string of the molecule is Cc1cc(S(=O)(=O)N2CCC(O)c3cccc(C)c32)ccc1F. The molecule has 1 heterocycles. The topological polar surface area (TPSA) is 57.6 Å². The first-order chi connectivity index (χ1) is 10.8. The minimum absolute atomic E-state index is 0.0574. The van der Waals surface area contributed by atoms with Crippen LogP contribution in [0.2, 0.25) is 0 Å². The molecule has 0 bridgehead atoms. The van der Waals surface area contributed by atoms with E-state index >= 15 is 0 Å². The Balaban J connectivity index is 2.15. The molecule has 1 unspecified atom stereocenters. The average Bonchev–Trinajstić information content (AvgIpc) is 2.51. The molecule has 23 heavy (non-hydrogen) atoms. The molecule has 0 amide bonds. The molecule has 1 N–H and O–H groups in total. The number of sulfonamides is 1. The first kappa shape index (κ1) is 16.0. The van der Waals surface area contributed by atoms with Crippen LogP contribution in [0.25, 0.3) is 0 Å². The molecular formula is C17H18FNO3S. The largest absolute Gasteiger partial charge is 0.388 e. The highest BCUT2D eigenvalue weighted by Crippen LogP contribution is 2.39. The van der Waals surface area contributed by atoms with Gasteiger partial charge in [-0.2, -0.15) is 0 Å². The number of aliphatic hydroxyl groups is 1. The molecule has 2 aromatic rings. The molecule has 1 aliphatic rings. The maximum atomic E-state index is 13.4. The first-order valence-corrected chi connectivity index (χ1v) is 8.83. The number of aryl methyl sites for hydroxylation is 2. The summed E-state index contributed by atoms with van der Waals surface area (Å²) in [5, 5.41) is 10.1. The van der Waals surface area contributed by atoms with Gasteiger partial charge in [0, 0.05) is 12.1 Å². The predicted molar refractivity (Wildman–Crippen MR) is 86.4 cm³/mol. The van der Waals surface area contributed by atoms with Gasteiger partial charge in [0.1, 0.15) is 5.82 Å². The summed E-state index contributed by atoms with van der Waals surface area (Å²) in [6.07, 6.45) is -0.345. The van der Waals surface area contributed by atoms with Crippen LogP contribution < -0.4 is 4.31 Å². The van der Waals surface area contributed by atoms with Crippen molar-refractivity contribution in [1.29, 1.82) is 0 Å². The average molecular weight is 335 g/mol. The number of hydrogen-bond acceptors (Lipinski definition) is 3. The summed E-state index contributed by atoms with van der Waals surface area (Å²) in [5.74, 6) is -0.436. The normalized spacial score (nSPS) is 17.9. The summed E-state index contributed by atoms with van der Waals surface area (Å²) in [7, 11) is -3.81. The molecule has 3 rings (SSSR count). The van der Waals surface area contributed by atoms with Crippen LogP contribution in [0.4, 0.5) is 10.1 Å². The molecule has 0 spiro atoms. The molecular weight excluding hydrogens is 317 g/mol. The van der Waals surface area contributed by atoms with Crippen molar-refractivity contribution in [3.8, 4) is 0 Å². The van der Waals surface area contributed by atoms with E-state index < -0.39 is 21.9 Å². The fourth-order valence-electron chi connectivity index (χ4n) is 2.94. The Bertz CT molecular complexity index is 864. The Morgan fingerprint density at radius 2 is 1.91 bits per heavy atom. The molecule has 2 aromatic carbocycles. The molecule has 6 heteroatoms. The van der Waals surface area contributed by atoms with Gasteiger partial charge in [-0.25, -0.2) is 12.8 Å². The highest BCUT2D eigenvalue weighted by molar-refractivity contribution is 7.92. The van der Waals surface area contributed by atoms with Gasteiger partial charge in [-0.15, -0.1) is 0 Å². The fraction of sp³-hybridized carbons (Fsp3) is 0.294. The molecule has 0 radical (unpaired) electrons. The number of nitrogens with zero attached hydrogens (tertiary/aromatic N) is 1. The maximum absolute atomic E-state index is 13.4. The highest BCUT2D eigenvalue weighted by Gasteiger charge is 2.33. The lowest BCUT2D eigenvalue weighted by molar-refractivity contribution is 0.166. The number of aliphatic hydroxyl groups excluding tert-OH is 1. The number of rotatable bonds is 2. The summed E-state index contributed by atoms with van der Waals surface area (Å²) in [5.41, 5.74) is 2.20. The number of benzene rings is 2. The molecule has 0 aromatic heterocycles. The standard InChI is InChI=1S/C17H18FNO3S/c1-11-4-3-5-14-16(20)8-9-19(17(11)14)23(21,22)13-6-7-15(18)12(2)10-13/h3-7,10,16,20H,8-9H2,1-2H3. The van der Waals surface area contributed by atoms with E-state index in [1.54, 1.807) is 12.1 Å². The van der Waals surface area contributed by atoms with Crippen molar-refractivity contribution in [2.45, 2.75) is 31.3 Å². The quantitative estimate of drug-likeness (QED) is 0.917. The molecule has 0 saturated carbocycles.